The van der Waals surface area contributed by atoms with Crippen LogP contribution in [0.15, 0.2) is 72.1 Å². The van der Waals surface area contributed by atoms with Gasteiger partial charge in [-0.1, -0.05) is 52.6 Å². The molecule has 0 amide bonds. The molecule has 0 aliphatic heterocycles. The fourth-order valence-corrected chi connectivity index (χ4v) is 4.49. The molecule has 0 bridgehead atoms. The molecule has 2 aromatic heterocycles. The summed E-state index contributed by atoms with van der Waals surface area (Å²) in [5, 5.41) is 11.4. The Balaban J connectivity index is 1.75. The molecule has 0 spiro atoms. The second-order valence-corrected chi connectivity index (χ2v) is 8.04. The standard InChI is InChI=1S/C20H13Cl3N4S/c21-14-6-8-15(9-7-14)27-19(13-3-2-10-24-11-13)25-26-20(27)28-12-16-17(22)4-1-5-18(16)23/h1-11H,12H2. The van der Waals surface area contributed by atoms with Gasteiger partial charge < -0.3 is 0 Å². The molecule has 0 fully saturated rings. The third-order valence-corrected chi connectivity index (χ3v) is 5.96. The van der Waals surface area contributed by atoms with Crippen molar-refractivity contribution in [3.63, 3.8) is 0 Å². The predicted molar refractivity (Wildman–Crippen MR) is 116 cm³/mol. The number of aromatic nitrogens is 4. The molecule has 0 radical (unpaired) electrons. The van der Waals surface area contributed by atoms with E-state index in [4.69, 9.17) is 34.8 Å². The Kier molecular flexibility index (Phi) is 5.87. The maximum absolute atomic E-state index is 6.31. The van der Waals surface area contributed by atoms with Crippen molar-refractivity contribution in [1.82, 2.24) is 19.7 Å². The monoisotopic (exact) mass is 446 g/mol. The number of thioether (sulfide) groups is 1. The van der Waals surface area contributed by atoms with Crippen LogP contribution in [-0.4, -0.2) is 19.7 Å². The summed E-state index contributed by atoms with van der Waals surface area (Å²) in [4.78, 5) is 4.19. The summed E-state index contributed by atoms with van der Waals surface area (Å²) < 4.78 is 1.97. The van der Waals surface area contributed by atoms with E-state index in [9.17, 15) is 0 Å². The summed E-state index contributed by atoms with van der Waals surface area (Å²) >= 11 is 20.2. The average Bonchev–Trinajstić information content (AvgIpc) is 3.13. The van der Waals surface area contributed by atoms with E-state index in [1.807, 2.05) is 59.2 Å². The first-order valence-electron chi connectivity index (χ1n) is 8.31. The molecule has 4 nitrogen and oxygen atoms in total. The molecule has 140 valence electrons. The van der Waals surface area contributed by atoms with Crippen molar-refractivity contribution >= 4 is 46.6 Å². The molecule has 0 N–H and O–H groups in total. The number of hydrogen-bond acceptors (Lipinski definition) is 4. The first kappa shape index (κ1) is 19.3. The first-order chi connectivity index (χ1) is 13.6. The molecule has 0 unspecified atom stereocenters. The Hall–Kier alpha value is -2.05. The van der Waals surface area contributed by atoms with E-state index in [1.165, 1.54) is 11.8 Å². The smallest absolute Gasteiger partial charge is 0.196 e. The van der Waals surface area contributed by atoms with Crippen molar-refractivity contribution < 1.29 is 0 Å². The van der Waals surface area contributed by atoms with Gasteiger partial charge in [0.1, 0.15) is 0 Å². The van der Waals surface area contributed by atoms with Crippen LogP contribution >= 0.6 is 46.6 Å². The van der Waals surface area contributed by atoms with Gasteiger partial charge >= 0.3 is 0 Å². The van der Waals surface area contributed by atoms with Crippen LogP contribution in [0, 0.1) is 0 Å². The van der Waals surface area contributed by atoms with Gasteiger partial charge in [0.05, 0.1) is 0 Å². The van der Waals surface area contributed by atoms with Crippen LogP contribution in [-0.2, 0) is 5.75 Å². The molecular formula is C20H13Cl3N4S. The quantitative estimate of drug-likeness (QED) is 0.324. The lowest BCUT2D eigenvalue weighted by Gasteiger charge is -2.11. The van der Waals surface area contributed by atoms with Crippen LogP contribution in [0.1, 0.15) is 5.56 Å². The highest BCUT2D eigenvalue weighted by Gasteiger charge is 2.17. The van der Waals surface area contributed by atoms with Crippen molar-refractivity contribution in [2.75, 3.05) is 0 Å². The SMILES string of the molecule is Clc1ccc(-n2c(SCc3c(Cl)cccc3Cl)nnc2-c2cccnc2)cc1. The maximum atomic E-state index is 6.31. The first-order valence-corrected chi connectivity index (χ1v) is 10.4. The van der Waals surface area contributed by atoms with Gasteiger partial charge in [0.15, 0.2) is 11.0 Å². The summed E-state index contributed by atoms with van der Waals surface area (Å²) in [7, 11) is 0. The zero-order valence-electron chi connectivity index (χ0n) is 14.4. The molecule has 2 aromatic carbocycles. The van der Waals surface area contributed by atoms with E-state index in [1.54, 1.807) is 12.4 Å². The van der Waals surface area contributed by atoms with Gasteiger partial charge in [0, 0.05) is 44.5 Å². The van der Waals surface area contributed by atoms with Crippen LogP contribution in [0.4, 0.5) is 0 Å². The number of nitrogens with zero attached hydrogens (tertiary/aromatic N) is 4. The minimum Gasteiger partial charge on any atom is -0.270 e. The molecule has 2 heterocycles. The fraction of sp³-hybridized carbons (Fsp3) is 0.0500. The van der Waals surface area contributed by atoms with Gasteiger partial charge in [0.25, 0.3) is 0 Å². The van der Waals surface area contributed by atoms with Crippen LogP contribution in [0.5, 0.6) is 0 Å². The minimum absolute atomic E-state index is 0.567. The lowest BCUT2D eigenvalue weighted by Crippen LogP contribution is -2.00. The highest BCUT2D eigenvalue weighted by molar-refractivity contribution is 7.98. The van der Waals surface area contributed by atoms with E-state index in [2.05, 4.69) is 15.2 Å². The number of benzene rings is 2. The molecule has 0 saturated carbocycles. The van der Waals surface area contributed by atoms with E-state index in [-0.39, 0.29) is 0 Å². The number of pyridine rings is 1. The summed E-state index contributed by atoms with van der Waals surface area (Å²) in [5.74, 6) is 1.26. The van der Waals surface area contributed by atoms with Crippen molar-refractivity contribution in [2.45, 2.75) is 10.9 Å². The van der Waals surface area contributed by atoms with Gasteiger partial charge in [0.2, 0.25) is 0 Å². The van der Waals surface area contributed by atoms with Crippen LogP contribution < -0.4 is 0 Å². The maximum Gasteiger partial charge on any atom is 0.196 e. The third kappa shape index (κ3) is 4.03. The third-order valence-electron chi connectivity index (χ3n) is 4.05. The average molecular weight is 448 g/mol. The number of hydrogen-bond donors (Lipinski definition) is 0. The van der Waals surface area contributed by atoms with E-state index < -0.39 is 0 Å². The topological polar surface area (TPSA) is 43.6 Å². The summed E-state index contributed by atoms with van der Waals surface area (Å²) in [6.07, 6.45) is 3.48. The Morgan fingerprint density at radius 2 is 1.61 bits per heavy atom. The number of halogens is 3. The Morgan fingerprint density at radius 1 is 0.857 bits per heavy atom. The van der Waals surface area contributed by atoms with Crippen LogP contribution in [0.3, 0.4) is 0 Å². The summed E-state index contributed by atoms with van der Waals surface area (Å²) in [5.41, 5.74) is 2.64. The molecule has 0 saturated heterocycles. The second kappa shape index (κ2) is 8.53. The summed E-state index contributed by atoms with van der Waals surface area (Å²) in [6.45, 7) is 0. The molecule has 0 atom stereocenters. The molecule has 8 heteroatoms. The van der Waals surface area contributed by atoms with Crippen molar-refractivity contribution in [3.05, 3.63) is 87.6 Å². The van der Waals surface area contributed by atoms with Crippen LogP contribution in [0.25, 0.3) is 17.1 Å². The van der Waals surface area contributed by atoms with Gasteiger partial charge in [-0.2, -0.15) is 0 Å². The highest BCUT2D eigenvalue weighted by Crippen LogP contribution is 2.33. The normalized spacial score (nSPS) is 11.0. The molecule has 0 aliphatic carbocycles. The van der Waals surface area contributed by atoms with E-state index in [0.717, 1.165) is 22.0 Å². The molecule has 4 rings (SSSR count). The molecule has 4 aromatic rings. The van der Waals surface area contributed by atoms with Crippen molar-refractivity contribution in [3.8, 4) is 17.1 Å². The van der Waals surface area contributed by atoms with Crippen LogP contribution in [0.2, 0.25) is 15.1 Å². The Morgan fingerprint density at radius 3 is 2.29 bits per heavy atom. The minimum atomic E-state index is 0.567. The molecular weight excluding hydrogens is 435 g/mol. The second-order valence-electron chi connectivity index (χ2n) is 5.85. The Bertz CT molecular complexity index is 1080. The van der Waals surface area contributed by atoms with Gasteiger partial charge in [-0.15, -0.1) is 10.2 Å². The van der Waals surface area contributed by atoms with Gasteiger partial charge in [-0.05, 0) is 54.1 Å². The zero-order valence-corrected chi connectivity index (χ0v) is 17.5. The van der Waals surface area contributed by atoms with E-state index >= 15 is 0 Å². The van der Waals surface area contributed by atoms with Crippen molar-refractivity contribution in [1.29, 1.82) is 0 Å². The predicted octanol–water partition coefficient (Wildman–Crippen LogP) is 6.58. The van der Waals surface area contributed by atoms with E-state index in [0.29, 0.717) is 26.6 Å². The highest BCUT2D eigenvalue weighted by atomic mass is 35.5. The lowest BCUT2D eigenvalue weighted by atomic mass is 10.2. The molecule has 0 aliphatic rings. The van der Waals surface area contributed by atoms with Gasteiger partial charge in [-0.3, -0.25) is 9.55 Å². The fourth-order valence-electron chi connectivity index (χ4n) is 2.68. The van der Waals surface area contributed by atoms with Gasteiger partial charge in [-0.25, -0.2) is 0 Å². The molecule has 28 heavy (non-hydrogen) atoms. The Labute approximate surface area is 181 Å². The number of rotatable bonds is 5. The lowest BCUT2D eigenvalue weighted by molar-refractivity contribution is 0.886. The largest absolute Gasteiger partial charge is 0.270 e. The zero-order chi connectivity index (χ0) is 19.5. The summed E-state index contributed by atoms with van der Waals surface area (Å²) in [6, 6.07) is 16.8. The van der Waals surface area contributed by atoms with Crippen molar-refractivity contribution in [2.24, 2.45) is 0 Å².